The van der Waals surface area contributed by atoms with Crippen LogP contribution < -0.4 is 9.47 Å². The van der Waals surface area contributed by atoms with Gasteiger partial charge in [0.1, 0.15) is 5.78 Å². The summed E-state index contributed by atoms with van der Waals surface area (Å²) in [6, 6.07) is 15.9. The van der Waals surface area contributed by atoms with Crippen molar-refractivity contribution in [3.63, 3.8) is 0 Å². The molecule has 33 heavy (non-hydrogen) atoms. The van der Waals surface area contributed by atoms with E-state index in [2.05, 4.69) is 9.47 Å². The lowest BCUT2D eigenvalue weighted by Gasteiger charge is -2.16. The van der Waals surface area contributed by atoms with Crippen molar-refractivity contribution in [1.29, 1.82) is 0 Å². The number of fused-ring (bicyclic) bond motifs is 1. The van der Waals surface area contributed by atoms with Gasteiger partial charge in [0.2, 0.25) is 0 Å². The van der Waals surface area contributed by atoms with Crippen LogP contribution >= 0.6 is 0 Å². The first-order valence-corrected chi connectivity index (χ1v) is 10.9. The number of carbonyl (C=O) groups excluding carboxylic acids is 1. The molecule has 3 aromatic rings. The lowest BCUT2D eigenvalue weighted by Crippen LogP contribution is -2.26. The van der Waals surface area contributed by atoms with E-state index in [1.807, 2.05) is 43.3 Å². The molecule has 1 aliphatic heterocycles. The normalized spacial score (nSPS) is 18.1. The Morgan fingerprint density at radius 3 is 2.42 bits per heavy atom. The van der Waals surface area contributed by atoms with E-state index in [-0.39, 0.29) is 23.7 Å². The summed E-state index contributed by atoms with van der Waals surface area (Å²) in [5.74, 6) is -0.0775. The first kappa shape index (κ1) is 21.5. The van der Waals surface area contributed by atoms with Crippen LogP contribution in [0.2, 0.25) is 0 Å². The molecule has 2 aromatic carbocycles. The lowest BCUT2D eigenvalue weighted by molar-refractivity contribution is -0.286. The number of benzene rings is 2. The number of ketones is 1. The van der Waals surface area contributed by atoms with Gasteiger partial charge in [-0.25, -0.2) is 0 Å². The maximum Gasteiger partial charge on any atom is 0.586 e. The van der Waals surface area contributed by atoms with Crippen LogP contribution in [0.3, 0.4) is 0 Å². The fourth-order valence-electron chi connectivity index (χ4n) is 4.31. The van der Waals surface area contributed by atoms with Gasteiger partial charge >= 0.3 is 6.29 Å². The van der Waals surface area contributed by atoms with E-state index in [1.54, 1.807) is 13.0 Å². The fourth-order valence-corrected chi connectivity index (χ4v) is 4.31. The van der Waals surface area contributed by atoms with Crippen molar-refractivity contribution in [1.82, 2.24) is 4.98 Å². The highest BCUT2D eigenvalue weighted by molar-refractivity contribution is 5.94. The molecular weight excluding hydrogens is 428 g/mol. The number of alkyl halides is 2. The van der Waals surface area contributed by atoms with Gasteiger partial charge in [-0.2, -0.15) is 0 Å². The van der Waals surface area contributed by atoms with Crippen LogP contribution in [0.1, 0.15) is 48.3 Å². The molecule has 0 bridgehead atoms. The smallest absolute Gasteiger partial charge is 0.395 e. The van der Waals surface area contributed by atoms with E-state index in [0.717, 1.165) is 22.4 Å². The minimum atomic E-state index is -3.68. The quantitative estimate of drug-likeness (QED) is 0.553. The highest BCUT2D eigenvalue weighted by Crippen LogP contribution is 2.52. The van der Waals surface area contributed by atoms with Gasteiger partial charge in [0, 0.05) is 17.7 Å². The third kappa shape index (κ3) is 3.97. The molecule has 1 fully saturated rings. The molecule has 2 heterocycles. The molecule has 0 amide bonds. The van der Waals surface area contributed by atoms with Crippen LogP contribution in [0, 0.1) is 6.92 Å². The number of aryl methyl sites for hydroxylation is 1. The summed E-state index contributed by atoms with van der Waals surface area (Å²) in [6.45, 7) is 3.67. The minimum absolute atomic E-state index is 0.000109. The maximum absolute atomic E-state index is 13.4. The van der Waals surface area contributed by atoms with E-state index in [0.29, 0.717) is 24.1 Å². The van der Waals surface area contributed by atoms with Crippen molar-refractivity contribution < 1.29 is 28.2 Å². The average Bonchev–Trinajstić information content (AvgIpc) is 3.52. The van der Waals surface area contributed by atoms with Crippen molar-refractivity contribution >= 4 is 5.78 Å². The van der Waals surface area contributed by atoms with E-state index >= 15 is 0 Å². The first-order valence-electron chi connectivity index (χ1n) is 10.9. The number of hydrogen-bond acceptors (Lipinski definition) is 5. The second kappa shape index (κ2) is 7.63. The predicted octanol–water partition coefficient (Wildman–Crippen LogP) is 5.28. The van der Waals surface area contributed by atoms with Crippen molar-refractivity contribution in [3.05, 3.63) is 77.0 Å². The molecule has 2 aliphatic rings. The van der Waals surface area contributed by atoms with Gasteiger partial charge in [0.25, 0.3) is 0 Å². The number of Topliss-reactive ketones (excluding diaryl/α,β-unsaturated/α-hetero) is 1. The highest BCUT2D eigenvalue weighted by Gasteiger charge is 2.52. The van der Waals surface area contributed by atoms with E-state index in [4.69, 9.17) is 4.98 Å². The SMILES string of the molecule is Cc1ccc(CC(=O)C2(c3ccc4c(c3)OC(F)(F)O4)CC2)nc1-c1ccc(C(C)O)cc1. The third-order valence-corrected chi connectivity index (χ3v) is 6.40. The molecule has 1 atom stereocenters. The number of rotatable bonds is 6. The summed E-state index contributed by atoms with van der Waals surface area (Å²) in [7, 11) is 0. The van der Waals surface area contributed by atoms with Crippen LogP contribution in [0.4, 0.5) is 8.78 Å². The average molecular weight is 451 g/mol. The molecule has 1 aliphatic carbocycles. The summed E-state index contributed by atoms with van der Waals surface area (Å²) in [5, 5.41) is 9.73. The third-order valence-electron chi connectivity index (χ3n) is 6.40. The minimum Gasteiger partial charge on any atom is -0.395 e. The second-order valence-corrected chi connectivity index (χ2v) is 8.78. The zero-order valence-electron chi connectivity index (χ0n) is 18.3. The number of aliphatic hydroxyl groups is 1. The van der Waals surface area contributed by atoms with E-state index < -0.39 is 17.8 Å². The molecule has 7 heteroatoms. The molecule has 1 unspecified atom stereocenters. The Labute approximate surface area is 190 Å². The van der Waals surface area contributed by atoms with E-state index in [1.165, 1.54) is 12.1 Å². The number of carbonyl (C=O) groups is 1. The molecule has 1 saturated carbocycles. The van der Waals surface area contributed by atoms with Crippen molar-refractivity contribution in [2.75, 3.05) is 0 Å². The number of ether oxygens (including phenoxy) is 2. The summed E-state index contributed by atoms with van der Waals surface area (Å²) < 4.78 is 35.8. The zero-order valence-corrected chi connectivity index (χ0v) is 18.3. The Hall–Kier alpha value is -3.32. The van der Waals surface area contributed by atoms with Gasteiger partial charge in [0.05, 0.1) is 17.2 Å². The van der Waals surface area contributed by atoms with Crippen molar-refractivity contribution in [2.45, 2.75) is 50.9 Å². The summed E-state index contributed by atoms with van der Waals surface area (Å²) in [5.41, 5.74) is 4.10. The largest absolute Gasteiger partial charge is 0.586 e. The van der Waals surface area contributed by atoms with Crippen LogP contribution in [0.15, 0.2) is 54.6 Å². The topological polar surface area (TPSA) is 68.7 Å². The molecule has 1 aromatic heterocycles. The van der Waals surface area contributed by atoms with Crippen LogP contribution in [-0.4, -0.2) is 22.2 Å². The second-order valence-electron chi connectivity index (χ2n) is 8.78. The molecule has 0 radical (unpaired) electrons. The summed E-state index contributed by atoms with van der Waals surface area (Å²) in [4.78, 5) is 18.0. The number of aromatic nitrogens is 1. The van der Waals surface area contributed by atoms with Crippen LogP contribution in [0.25, 0.3) is 11.3 Å². The molecule has 0 spiro atoms. The van der Waals surface area contributed by atoms with Crippen LogP contribution in [-0.2, 0) is 16.6 Å². The number of halogens is 2. The molecule has 0 saturated heterocycles. The Morgan fingerprint density at radius 2 is 1.76 bits per heavy atom. The zero-order chi connectivity index (χ0) is 23.4. The number of nitrogens with zero attached hydrogens (tertiary/aromatic N) is 1. The van der Waals surface area contributed by atoms with Gasteiger partial charge in [0.15, 0.2) is 11.5 Å². The van der Waals surface area contributed by atoms with Gasteiger partial charge < -0.3 is 14.6 Å². The van der Waals surface area contributed by atoms with E-state index in [9.17, 15) is 18.7 Å². The Balaban J connectivity index is 1.38. The van der Waals surface area contributed by atoms with Crippen LogP contribution in [0.5, 0.6) is 11.5 Å². The molecule has 5 rings (SSSR count). The number of hydrogen-bond donors (Lipinski definition) is 1. The standard InChI is InChI=1S/C26H23F2NO4/c1-15-3-9-20(29-24(15)18-6-4-17(5-7-18)16(2)30)14-23(31)25(11-12-25)19-8-10-21-22(13-19)33-26(27,28)32-21/h3-10,13,16,30H,11-12,14H2,1-2H3. The molecule has 1 N–H and O–H groups in total. The fraction of sp³-hybridized carbons (Fsp3) is 0.308. The van der Waals surface area contributed by atoms with Gasteiger partial charge in [-0.1, -0.05) is 36.4 Å². The number of aliphatic hydroxyl groups excluding tert-OH is 1. The predicted molar refractivity (Wildman–Crippen MR) is 117 cm³/mol. The molecule has 5 nitrogen and oxygen atoms in total. The molecular formula is C26H23F2NO4. The molecule has 170 valence electrons. The van der Waals surface area contributed by atoms with Gasteiger partial charge in [-0.05, 0) is 61.6 Å². The first-order chi connectivity index (χ1) is 15.7. The highest BCUT2D eigenvalue weighted by atomic mass is 19.3. The summed E-state index contributed by atoms with van der Waals surface area (Å²) in [6.07, 6.45) is -2.78. The lowest BCUT2D eigenvalue weighted by atomic mass is 9.88. The number of pyridine rings is 1. The van der Waals surface area contributed by atoms with Crippen molar-refractivity contribution in [2.24, 2.45) is 0 Å². The monoisotopic (exact) mass is 451 g/mol. The summed E-state index contributed by atoms with van der Waals surface area (Å²) >= 11 is 0. The maximum atomic E-state index is 13.4. The van der Waals surface area contributed by atoms with Crippen molar-refractivity contribution in [3.8, 4) is 22.8 Å². The van der Waals surface area contributed by atoms with Gasteiger partial charge in [-0.3, -0.25) is 9.78 Å². The van der Waals surface area contributed by atoms with Gasteiger partial charge in [-0.15, -0.1) is 8.78 Å². The Kier molecular flexibility index (Phi) is 4.97. The Morgan fingerprint density at radius 1 is 1.06 bits per heavy atom. The Bertz CT molecular complexity index is 1230.